The molecule has 1 aliphatic heterocycles. The summed E-state index contributed by atoms with van der Waals surface area (Å²) in [5, 5.41) is 5.45. The van der Waals surface area contributed by atoms with Gasteiger partial charge in [0.2, 0.25) is 0 Å². The lowest BCUT2D eigenvalue weighted by Gasteiger charge is -2.23. The van der Waals surface area contributed by atoms with E-state index in [2.05, 4.69) is 36.0 Å². The van der Waals surface area contributed by atoms with Gasteiger partial charge in [-0.2, -0.15) is 0 Å². The van der Waals surface area contributed by atoms with Crippen LogP contribution in [0.4, 0.5) is 0 Å². The Hall–Kier alpha value is -0.0200. The van der Waals surface area contributed by atoms with Crippen molar-refractivity contribution in [1.82, 2.24) is 15.2 Å². The highest BCUT2D eigenvalue weighted by Crippen LogP contribution is 2.28. The molecule has 126 valence electrons. The van der Waals surface area contributed by atoms with Gasteiger partial charge in [-0.3, -0.25) is 4.99 Å². The van der Waals surface area contributed by atoms with Gasteiger partial charge in [-0.25, -0.2) is 4.98 Å². The van der Waals surface area contributed by atoms with Gasteiger partial charge in [-0.1, -0.05) is 25.6 Å². The van der Waals surface area contributed by atoms with Crippen molar-refractivity contribution in [3.63, 3.8) is 0 Å². The molecule has 0 amide bonds. The van der Waals surface area contributed by atoms with Crippen LogP contribution in [0.5, 0.6) is 0 Å². The highest BCUT2D eigenvalue weighted by molar-refractivity contribution is 14.0. The molecule has 1 aliphatic rings. The van der Waals surface area contributed by atoms with E-state index in [0.717, 1.165) is 48.7 Å². The standard InChI is InChI=1S/C15H26N4S2.HI/c1-4-16-13(19-9-6-15(2,3)12-19)17-7-5-10-20-14-18-8-11-21-14;/h8,11H,4-7,9-10,12H2,1-3H3,(H,16,17);1H. The first-order valence-corrected chi connectivity index (χ1v) is 9.53. The van der Waals surface area contributed by atoms with Crippen molar-refractivity contribution < 1.29 is 0 Å². The van der Waals surface area contributed by atoms with Gasteiger partial charge in [0.25, 0.3) is 0 Å². The predicted molar refractivity (Wildman–Crippen MR) is 109 cm³/mol. The van der Waals surface area contributed by atoms with E-state index in [9.17, 15) is 0 Å². The Kier molecular flexibility index (Phi) is 9.08. The molecular formula is C15H27IN4S2. The molecule has 2 rings (SSSR count). The summed E-state index contributed by atoms with van der Waals surface area (Å²) in [5.41, 5.74) is 0.414. The van der Waals surface area contributed by atoms with Gasteiger partial charge >= 0.3 is 0 Å². The topological polar surface area (TPSA) is 40.5 Å². The molecule has 1 saturated heterocycles. The summed E-state index contributed by atoms with van der Waals surface area (Å²) in [6.07, 6.45) is 4.21. The molecule has 1 aromatic heterocycles. The first-order valence-electron chi connectivity index (χ1n) is 7.66. The average molecular weight is 454 g/mol. The summed E-state index contributed by atoms with van der Waals surface area (Å²) < 4.78 is 1.16. The van der Waals surface area contributed by atoms with Crippen LogP contribution in [0.2, 0.25) is 0 Å². The molecule has 0 saturated carbocycles. The number of nitrogens with zero attached hydrogens (tertiary/aromatic N) is 3. The third kappa shape index (κ3) is 6.62. The summed E-state index contributed by atoms with van der Waals surface area (Å²) in [7, 11) is 0. The smallest absolute Gasteiger partial charge is 0.193 e. The van der Waals surface area contributed by atoms with Crippen LogP contribution in [0, 0.1) is 5.41 Å². The summed E-state index contributed by atoms with van der Waals surface area (Å²) in [6, 6.07) is 0. The summed E-state index contributed by atoms with van der Waals surface area (Å²) in [4.78, 5) is 11.5. The molecule has 7 heteroatoms. The molecule has 1 N–H and O–H groups in total. The van der Waals surface area contributed by atoms with Gasteiger partial charge in [0, 0.05) is 43.5 Å². The molecule has 0 aliphatic carbocycles. The zero-order valence-electron chi connectivity index (χ0n) is 13.7. The zero-order valence-corrected chi connectivity index (χ0v) is 17.6. The second-order valence-electron chi connectivity index (χ2n) is 6.07. The van der Waals surface area contributed by atoms with Crippen molar-refractivity contribution in [1.29, 1.82) is 0 Å². The highest BCUT2D eigenvalue weighted by atomic mass is 127. The van der Waals surface area contributed by atoms with Crippen molar-refractivity contribution in [2.75, 3.05) is 31.9 Å². The van der Waals surface area contributed by atoms with Crippen molar-refractivity contribution in [2.24, 2.45) is 10.4 Å². The number of halogens is 1. The van der Waals surface area contributed by atoms with Crippen LogP contribution in [0.15, 0.2) is 20.9 Å². The normalized spacial score (nSPS) is 17.4. The molecule has 1 aromatic rings. The predicted octanol–water partition coefficient (Wildman–Crippen LogP) is 3.94. The maximum atomic E-state index is 4.78. The molecule has 4 nitrogen and oxygen atoms in total. The highest BCUT2D eigenvalue weighted by Gasteiger charge is 2.30. The molecule has 0 radical (unpaired) electrons. The number of likely N-dealkylation sites (tertiary alicyclic amines) is 1. The number of hydrogen-bond donors (Lipinski definition) is 1. The number of hydrogen-bond acceptors (Lipinski definition) is 4. The van der Waals surface area contributed by atoms with Gasteiger partial charge < -0.3 is 10.2 Å². The van der Waals surface area contributed by atoms with E-state index in [0.29, 0.717) is 5.41 Å². The van der Waals surface area contributed by atoms with Gasteiger partial charge in [0.1, 0.15) is 4.34 Å². The minimum atomic E-state index is 0. The lowest BCUT2D eigenvalue weighted by Crippen LogP contribution is -2.40. The van der Waals surface area contributed by atoms with Crippen LogP contribution in [0.1, 0.15) is 33.6 Å². The molecule has 0 aromatic carbocycles. The monoisotopic (exact) mass is 454 g/mol. The van der Waals surface area contributed by atoms with Crippen LogP contribution in [0.3, 0.4) is 0 Å². The van der Waals surface area contributed by atoms with E-state index in [1.165, 1.54) is 6.42 Å². The fraction of sp³-hybridized carbons (Fsp3) is 0.733. The lowest BCUT2D eigenvalue weighted by atomic mass is 9.93. The summed E-state index contributed by atoms with van der Waals surface area (Å²) in [6.45, 7) is 10.8. The van der Waals surface area contributed by atoms with Crippen LogP contribution in [0.25, 0.3) is 0 Å². The number of aromatic nitrogens is 1. The van der Waals surface area contributed by atoms with Crippen LogP contribution in [-0.2, 0) is 0 Å². The summed E-state index contributed by atoms with van der Waals surface area (Å²) in [5.74, 6) is 2.17. The number of thioether (sulfide) groups is 1. The van der Waals surface area contributed by atoms with Crippen molar-refractivity contribution in [3.05, 3.63) is 11.6 Å². The summed E-state index contributed by atoms with van der Waals surface area (Å²) >= 11 is 3.54. The zero-order chi connectivity index (χ0) is 15.1. The molecule has 0 unspecified atom stereocenters. The Morgan fingerprint density at radius 1 is 1.55 bits per heavy atom. The minimum absolute atomic E-state index is 0. The van der Waals surface area contributed by atoms with E-state index in [-0.39, 0.29) is 24.0 Å². The Morgan fingerprint density at radius 3 is 2.95 bits per heavy atom. The molecule has 1 fully saturated rings. The first-order chi connectivity index (χ1) is 10.1. The Labute approximate surface area is 159 Å². The second kappa shape index (κ2) is 9.97. The molecule has 0 bridgehead atoms. The number of aliphatic imine (C=N–C) groups is 1. The number of nitrogens with one attached hydrogen (secondary N) is 1. The SMILES string of the molecule is CCNC(=NCCCSc1nccs1)N1CCC(C)(C)C1.I. The molecule has 22 heavy (non-hydrogen) atoms. The van der Waals surface area contributed by atoms with Crippen LogP contribution in [-0.4, -0.2) is 47.8 Å². The van der Waals surface area contributed by atoms with E-state index in [1.807, 2.05) is 23.3 Å². The van der Waals surface area contributed by atoms with Gasteiger partial charge in [0.15, 0.2) is 5.96 Å². The van der Waals surface area contributed by atoms with Crippen molar-refractivity contribution in [2.45, 2.75) is 38.0 Å². The van der Waals surface area contributed by atoms with E-state index in [4.69, 9.17) is 4.99 Å². The van der Waals surface area contributed by atoms with Crippen LogP contribution < -0.4 is 5.32 Å². The third-order valence-corrected chi connectivity index (χ3v) is 5.56. The maximum absolute atomic E-state index is 4.78. The Morgan fingerprint density at radius 2 is 2.36 bits per heavy atom. The minimum Gasteiger partial charge on any atom is -0.357 e. The average Bonchev–Trinajstić information content (AvgIpc) is 3.06. The fourth-order valence-corrected chi connectivity index (χ4v) is 4.04. The van der Waals surface area contributed by atoms with Gasteiger partial charge in [0.05, 0.1) is 0 Å². The molecule has 0 atom stereocenters. The van der Waals surface area contributed by atoms with E-state index < -0.39 is 0 Å². The number of thiazole rings is 1. The van der Waals surface area contributed by atoms with Gasteiger partial charge in [-0.05, 0) is 25.2 Å². The fourth-order valence-electron chi connectivity index (χ4n) is 2.41. The van der Waals surface area contributed by atoms with Gasteiger partial charge in [-0.15, -0.1) is 35.3 Å². The number of guanidine groups is 1. The van der Waals surface area contributed by atoms with E-state index in [1.54, 1.807) is 11.3 Å². The third-order valence-electron chi connectivity index (χ3n) is 3.51. The van der Waals surface area contributed by atoms with Crippen LogP contribution >= 0.6 is 47.1 Å². The second-order valence-corrected chi connectivity index (χ2v) is 8.31. The Bertz CT molecular complexity index is 448. The first kappa shape index (κ1) is 20.0. The lowest BCUT2D eigenvalue weighted by molar-refractivity contribution is 0.370. The quantitative estimate of drug-likeness (QED) is 0.233. The molecule has 0 spiro atoms. The molecule has 2 heterocycles. The van der Waals surface area contributed by atoms with Crippen molar-refractivity contribution in [3.8, 4) is 0 Å². The molecular weight excluding hydrogens is 427 g/mol. The maximum Gasteiger partial charge on any atom is 0.193 e. The van der Waals surface area contributed by atoms with Crippen molar-refractivity contribution >= 4 is 53.0 Å². The Balaban J connectivity index is 0.00000242. The number of rotatable bonds is 6. The largest absolute Gasteiger partial charge is 0.357 e. The van der Waals surface area contributed by atoms with E-state index >= 15 is 0 Å².